The molecule has 2 unspecified atom stereocenters. The van der Waals surface area contributed by atoms with Crippen molar-refractivity contribution in [2.24, 2.45) is 5.92 Å². The fourth-order valence-corrected chi connectivity index (χ4v) is 2.98. The van der Waals surface area contributed by atoms with Crippen LogP contribution in [-0.2, 0) is 11.3 Å². The molecular weight excluding hydrogens is 254 g/mol. The highest BCUT2D eigenvalue weighted by atomic mass is 16.6. The summed E-state index contributed by atoms with van der Waals surface area (Å²) in [5.41, 5.74) is 1.24. The summed E-state index contributed by atoms with van der Waals surface area (Å²) in [5.74, 6) is 2.37. The van der Waals surface area contributed by atoms with Crippen molar-refractivity contribution in [1.82, 2.24) is 5.32 Å². The third-order valence-electron chi connectivity index (χ3n) is 4.09. The Kier molecular flexibility index (Phi) is 4.43. The Balaban J connectivity index is 1.51. The van der Waals surface area contributed by atoms with E-state index >= 15 is 0 Å². The van der Waals surface area contributed by atoms with Crippen LogP contribution < -0.4 is 14.8 Å². The number of ether oxygens (including phenoxy) is 3. The lowest BCUT2D eigenvalue weighted by atomic mass is 9.99. The van der Waals surface area contributed by atoms with Crippen molar-refractivity contribution in [3.8, 4) is 11.5 Å². The summed E-state index contributed by atoms with van der Waals surface area (Å²) >= 11 is 0. The van der Waals surface area contributed by atoms with Crippen molar-refractivity contribution < 1.29 is 14.2 Å². The molecule has 2 heterocycles. The summed E-state index contributed by atoms with van der Waals surface area (Å²) in [6, 6.07) is 6.17. The zero-order valence-electron chi connectivity index (χ0n) is 12.1. The molecule has 1 aromatic rings. The van der Waals surface area contributed by atoms with Gasteiger partial charge in [-0.15, -0.1) is 0 Å². The van der Waals surface area contributed by atoms with E-state index in [4.69, 9.17) is 14.2 Å². The minimum atomic E-state index is 0.433. The van der Waals surface area contributed by atoms with Crippen LogP contribution in [0.25, 0.3) is 0 Å². The molecule has 1 saturated heterocycles. The second kappa shape index (κ2) is 6.46. The predicted octanol–water partition coefficient (Wildman–Crippen LogP) is 2.36. The largest absolute Gasteiger partial charge is 0.486 e. The lowest BCUT2D eigenvalue weighted by Crippen LogP contribution is -2.28. The van der Waals surface area contributed by atoms with Crippen molar-refractivity contribution in [3.05, 3.63) is 23.8 Å². The molecule has 0 aliphatic carbocycles. The van der Waals surface area contributed by atoms with E-state index in [1.807, 2.05) is 6.07 Å². The van der Waals surface area contributed by atoms with Gasteiger partial charge < -0.3 is 19.5 Å². The van der Waals surface area contributed by atoms with Crippen LogP contribution in [0.2, 0.25) is 0 Å². The van der Waals surface area contributed by atoms with Crippen molar-refractivity contribution in [2.45, 2.75) is 32.4 Å². The molecule has 0 aromatic heterocycles. The Morgan fingerprint density at radius 3 is 2.85 bits per heavy atom. The molecule has 1 aromatic carbocycles. The van der Waals surface area contributed by atoms with Gasteiger partial charge in [-0.05, 0) is 36.5 Å². The maximum Gasteiger partial charge on any atom is 0.161 e. The third kappa shape index (κ3) is 3.07. The zero-order valence-corrected chi connectivity index (χ0v) is 12.1. The van der Waals surface area contributed by atoms with Gasteiger partial charge in [-0.3, -0.25) is 0 Å². The molecule has 20 heavy (non-hydrogen) atoms. The van der Waals surface area contributed by atoms with Crippen molar-refractivity contribution in [2.75, 3.05) is 26.4 Å². The Morgan fingerprint density at radius 2 is 2.00 bits per heavy atom. The fourth-order valence-electron chi connectivity index (χ4n) is 2.98. The zero-order chi connectivity index (χ0) is 13.8. The molecule has 2 aliphatic heterocycles. The quantitative estimate of drug-likeness (QED) is 0.897. The molecule has 4 heteroatoms. The van der Waals surface area contributed by atoms with Gasteiger partial charge in [-0.25, -0.2) is 0 Å². The lowest BCUT2D eigenvalue weighted by Gasteiger charge is -2.20. The Hall–Kier alpha value is -1.26. The maximum absolute atomic E-state index is 5.72. The Labute approximate surface area is 120 Å². The van der Waals surface area contributed by atoms with Crippen LogP contribution in [0.5, 0.6) is 11.5 Å². The van der Waals surface area contributed by atoms with E-state index in [0.29, 0.717) is 25.2 Å². The number of hydrogen-bond donors (Lipinski definition) is 1. The van der Waals surface area contributed by atoms with E-state index in [-0.39, 0.29) is 0 Å². The van der Waals surface area contributed by atoms with E-state index in [1.54, 1.807) is 0 Å². The molecule has 1 N–H and O–H groups in total. The van der Waals surface area contributed by atoms with Gasteiger partial charge in [0.1, 0.15) is 13.2 Å². The Morgan fingerprint density at radius 1 is 1.15 bits per heavy atom. The molecule has 0 bridgehead atoms. The summed E-state index contributed by atoms with van der Waals surface area (Å²) in [6.45, 7) is 6.28. The van der Waals surface area contributed by atoms with Gasteiger partial charge in [0.15, 0.2) is 11.5 Å². The molecule has 110 valence electrons. The van der Waals surface area contributed by atoms with Crippen LogP contribution >= 0.6 is 0 Å². The third-order valence-corrected chi connectivity index (χ3v) is 4.09. The van der Waals surface area contributed by atoms with Gasteiger partial charge in [-0.1, -0.05) is 13.0 Å². The van der Waals surface area contributed by atoms with Crippen molar-refractivity contribution >= 4 is 0 Å². The summed E-state index contributed by atoms with van der Waals surface area (Å²) in [4.78, 5) is 0. The topological polar surface area (TPSA) is 39.7 Å². The highest BCUT2D eigenvalue weighted by Gasteiger charge is 2.25. The first-order valence-electron chi connectivity index (χ1n) is 7.57. The molecular formula is C16H23NO3. The van der Waals surface area contributed by atoms with Gasteiger partial charge >= 0.3 is 0 Å². The average Bonchev–Trinajstić information content (AvgIpc) is 2.95. The first kappa shape index (κ1) is 13.7. The van der Waals surface area contributed by atoms with Gasteiger partial charge in [0.25, 0.3) is 0 Å². The molecule has 0 spiro atoms. The van der Waals surface area contributed by atoms with Gasteiger partial charge in [0, 0.05) is 19.7 Å². The van der Waals surface area contributed by atoms with Crippen LogP contribution in [0, 0.1) is 5.92 Å². The smallest absolute Gasteiger partial charge is 0.161 e. The van der Waals surface area contributed by atoms with Gasteiger partial charge in [-0.2, -0.15) is 0 Å². The molecule has 1 fully saturated rings. The molecule has 0 amide bonds. The molecule has 2 aliphatic rings. The summed E-state index contributed by atoms with van der Waals surface area (Å²) < 4.78 is 16.9. The molecule has 0 radical (unpaired) electrons. The number of hydrogen-bond acceptors (Lipinski definition) is 4. The minimum absolute atomic E-state index is 0.433. The number of benzene rings is 1. The lowest BCUT2D eigenvalue weighted by molar-refractivity contribution is 0.0872. The summed E-state index contributed by atoms with van der Waals surface area (Å²) in [7, 11) is 0. The van der Waals surface area contributed by atoms with E-state index < -0.39 is 0 Å². The van der Waals surface area contributed by atoms with Gasteiger partial charge in [0.2, 0.25) is 0 Å². The van der Waals surface area contributed by atoms with E-state index in [2.05, 4.69) is 24.4 Å². The number of nitrogens with one attached hydrogen (secondary N) is 1. The number of fused-ring (bicyclic) bond motifs is 1. The first-order valence-corrected chi connectivity index (χ1v) is 7.57. The van der Waals surface area contributed by atoms with Crippen LogP contribution in [0.3, 0.4) is 0 Å². The monoisotopic (exact) mass is 277 g/mol. The standard InChI is InChI=1S/C16H23NO3/c1-2-14-13(5-6-18-14)11-17-10-12-3-4-15-16(9-12)20-8-7-19-15/h3-4,9,13-14,17H,2,5-8,10-11H2,1H3. The van der Waals surface area contributed by atoms with Crippen LogP contribution in [0.1, 0.15) is 25.3 Å². The SMILES string of the molecule is CCC1OCCC1CNCc1ccc2c(c1)OCCO2. The summed E-state index contributed by atoms with van der Waals surface area (Å²) in [5, 5.41) is 3.54. The predicted molar refractivity (Wildman–Crippen MR) is 77.3 cm³/mol. The average molecular weight is 277 g/mol. The molecule has 3 rings (SSSR count). The van der Waals surface area contributed by atoms with E-state index in [0.717, 1.165) is 37.6 Å². The second-order valence-electron chi connectivity index (χ2n) is 5.48. The molecule has 4 nitrogen and oxygen atoms in total. The highest BCUT2D eigenvalue weighted by Crippen LogP contribution is 2.30. The van der Waals surface area contributed by atoms with Crippen molar-refractivity contribution in [1.29, 1.82) is 0 Å². The van der Waals surface area contributed by atoms with Gasteiger partial charge in [0.05, 0.1) is 6.10 Å². The highest BCUT2D eigenvalue weighted by molar-refractivity contribution is 5.43. The minimum Gasteiger partial charge on any atom is -0.486 e. The van der Waals surface area contributed by atoms with Crippen molar-refractivity contribution in [3.63, 3.8) is 0 Å². The van der Waals surface area contributed by atoms with E-state index in [9.17, 15) is 0 Å². The first-order chi connectivity index (χ1) is 9.86. The second-order valence-corrected chi connectivity index (χ2v) is 5.48. The maximum atomic E-state index is 5.72. The van der Waals surface area contributed by atoms with Crippen LogP contribution in [-0.4, -0.2) is 32.5 Å². The van der Waals surface area contributed by atoms with Crippen LogP contribution in [0.15, 0.2) is 18.2 Å². The summed E-state index contributed by atoms with van der Waals surface area (Å²) in [6.07, 6.45) is 2.71. The Bertz CT molecular complexity index is 449. The van der Waals surface area contributed by atoms with E-state index in [1.165, 1.54) is 12.0 Å². The normalized spacial score (nSPS) is 24.9. The van der Waals surface area contributed by atoms with Crippen LogP contribution in [0.4, 0.5) is 0 Å². The fraction of sp³-hybridized carbons (Fsp3) is 0.625. The molecule has 2 atom stereocenters. The molecule has 0 saturated carbocycles. The number of rotatable bonds is 5.